The first-order valence-electron chi connectivity index (χ1n) is 8.25. The molecule has 130 valence electrons. The van der Waals surface area contributed by atoms with Crippen molar-refractivity contribution in [3.05, 3.63) is 72.1 Å². The number of pyridine rings is 2. The molecule has 4 aromatic heterocycles. The van der Waals surface area contributed by atoms with E-state index in [-0.39, 0.29) is 0 Å². The second kappa shape index (κ2) is 7.18. The molecule has 0 aliphatic heterocycles. The predicted molar refractivity (Wildman–Crippen MR) is 99.0 cm³/mol. The summed E-state index contributed by atoms with van der Waals surface area (Å²) in [6, 6.07) is 7.88. The predicted octanol–water partition coefficient (Wildman–Crippen LogP) is 2.96. The van der Waals surface area contributed by atoms with Gasteiger partial charge in [-0.25, -0.2) is 19.9 Å². The van der Waals surface area contributed by atoms with Crippen LogP contribution in [0.1, 0.15) is 16.7 Å². The van der Waals surface area contributed by atoms with E-state index in [0.29, 0.717) is 12.4 Å². The number of anilines is 1. The van der Waals surface area contributed by atoms with E-state index in [1.54, 1.807) is 19.6 Å². The van der Waals surface area contributed by atoms with Gasteiger partial charge in [0.1, 0.15) is 17.8 Å². The lowest BCUT2D eigenvalue weighted by atomic mass is 10.1. The molecular formula is C19H18N6O. The number of rotatable bonds is 6. The van der Waals surface area contributed by atoms with Crippen LogP contribution in [0.4, 0.5) is 5.82 Å². The summed E-state index contributed by atoms with van der Waals surface area (Å²) >= 11 is 0. The quantitative estimate of drug-likeness (QED) is 0.558. The maximum absolute atomic E-state index is 5.06. The summed E-state index contributed by atoms with van der Waals surface area (Å²) in [5, 5.41) is 4.34. The molecule has 0 saturated heterocycles. The third-order valence-electron chi connectivity index (χ3n) is 4.14. The Labute approximate surface area is 150 Å². The largest absolute Gasteiger partial charge is 0.481 e. The Morgan fingerprint density at radius 2 is 1.88 bits per heavy atom. The van der Waals surface area contributed by atoms with Gasteiger partial charge in [0.25, 0.3) is 0 Å². The summed E-state index contributed by atoms with van der Waals surface area (Å²) in [4.78, 5) is 20.2. The van der Waals surface area contributed by atoms with Crippen molar-refractivity contribution < 1.29 is 4.74 Å². The molecule has 0 amide bonds. The minimum atomic E-state index is 0.610. The molecule has 26 heavy (non-hydrogen) atoms. The summed E-state index contributed by atoms with van der Waals surface area (Å²) in [7, 11) is 1.61. The topological polar surface area (TPSA) is 88.6 Å². The molecule has 0 spiro atoms. The number of aromatic amines is 1. The maximum atomic E-state index is 5.06. The van der Waals surface area contributed by atoms with Crippen LogP contribution in [0.5, 0.6) is 5.88 Å². The number of hydrogen-bond acceptors (Lipinski definition) is 6. The molecule has 0 atom stereocenters. The average Bonchev–Trinajstić information content (AvgIpc) is 3.11. The average molecular weight is 346 g/mol. The van der Waals surface area contributed by atoms with Gasteiger partial charge >= 0.3 is 0 Å². The molecule has 4 rings (SSSR count). The number of methoxy groups -OCH3 is 1. The number of hydrogen-bond donors (Lipinski definition) is 2. The molecular weight excluding hydrogens is 328 g/mol. The van der Waals surface area contributed by atoms with Gasteiger partial charge in [0.05, 0.1) is 7.11 Å². The molecule has 0 aliphatic rings. The number of nitrogens with one attached hydrogen (secondary N) is 2. The van der Waals surface area contributed by atoms with E-state index in [0.717, 1.165) is 40.0 Å². The van der Waals surface area contributed by atoms with E-state index in [4.69, 9.17) is 4.74 Å². The lowest BCUT2D eigenvalue weighted by Gasteiger charge is -2.07. The number of fused-ring (bicyclic) bond motifs is 1. The maximum Gasteiger partial charge on any atom is 0.212 e. The zero-order chi connectivity index (χ0) is 17.8. The van der Waals surface area contributed by atoms with Gasteiger partial charge in [0.15, 0.2) is 0 Å². The molecule has 0 saturated carbocycles. The van der Waals surface area contributed by atoms with Gasteiger partial charge in [0, 0.05) is 49.2 Å². The summed E-state index contributed by atoms with van der Waals surface area (Å²) in [5.74, 6) is 1.44. The van der Waals surface area contributed by atoms with Crippen LogP contribution in [0.3, 0.4) is 0 Å². The standard InChI is InChI=1S/C19H18N6O/c1-26-18-5-3-14(9-23-18)8-22-17-4-2-13(7-21-17)6-15-10-24-19-16(15)11-20-12-25-19/h2-5,7,9-12H,6,8H2,1H3,(H,21,22)(H,20,24,25). The Morgan fingerprint density at radius 1 is 1.00 bits per heavy atom. The van der Waals surface area contributed by atoms with Crippen molar-refractivity contribution >= 4 is 16.9 Å². The van der Waals surface area contributed by atoms with Gasteiger partial charge in [-0.05, 0) is 22.8 Å². The lowest BCUT2D eigenvalue weighted by molar-refractivity contribution is 0.397. The molecule has 7 heteroatoms. The zero-order valence-electron chi connectivity index (χ0n) is 14.3. The van der Waals surface area contributed by atoms with E-state index in [9.17, 15) is 0 Å². The molecule has 0 fully saturated rings. The van der Waals surface area contributed by atoms with E-state index in [2.05, 4.69) is 36.3 Å². The molecule has 0 aromatic carbocycles. The van der Waals surface area contributed by atoms with Crippen molar-refractivity contribution in [2.75, 3.05) is 12.4 Å². The van der Waals surface area contributed by atoms with Crippen molar-refractivity contribution in [2.24, 2.45) is 0 Å². The van der Waals surface area contributed by atoms with Crippen LogP contribution in [0.25, 0.3) is 11.0 Å². The zero-order valence-corrected chi connectivity index (χ0v) is 14.3. The van der Waals surface area contributed by atoms with Crippen molar-refractivity contribution in [3.63, 3.8) is 0 Å². The number of nitrogens with zero attached hydrogens (tertiary/aromatic N) is 4. The molecule has 7 nitrogen and oxygen atoms in total. The first kappa shape index (κ1) is 16.0. The monoisotopic (exact) mass is 346 g/mol. The highest BCUT2D eigenvalue weighted by molar-refractivity contribution is 5.78. The fourth-order valence-corrected chi connectivity index (χ4v) is 2.74. The molecule has 0 bridgehead atoms. The van der Waals surface area contributed by atoms with Crippen molar-refractivity contribution in [1.82, 2.24) is 24.9 Å². The lowest BCUT2D eigenvalue weighted by Crippen LogP contribution is -2.02. The first-order chi connectivity index (χ1) is 12.8. The second-order valence-electron chi connectivity index (χ2n) is 5.89. The van der Waals surface area contributed by atoms with E-state index >= 15 is 0 Å². The highest BCUT2D eigenvalue weighted by Crippen LogP contribution is 2.19. The Hall–Kier alpha value is -3.48. The van der Waals surface area contributed by atoms with Crippen LogP contribution >= 0.6 is 0 Å². The Kier molecular flexibility index (Phi) is 4.42. The van der Waals surface area contributed by atoms with Crippen LogP contribution in [0.2, 0.25) is 0 Å². The third-order valence-corrected chi connectivity index (χ3v) is 4.14. The molecule has 0 radical (unpaired) electrons. The Bertz CT molecular complexity index is 995. The van der Waals surface area contributed by atoms with Crippen LogP contribution in [-0.4, -0.2) is 32.0 Å². The molecule has 0 unspecified atom stereocenters. The Balaban J connectivity index is 1.40. The summed E-state index contributed by atoms with van der Waals surface area (Å²) < 4.78 is 5.06. The fraction of sp³-hybridized carbons (Fsp3) is 0.158. The van der Waals surface area contributed by atoms with Crippen molar-refractivity contribution in [2.45, 2.75) is 13.0 Å². The highest BCUT2D eigenvalue weighted by atomic mass is 16.5. The second-order valence-corrected chi connectivity index (χ2v) is 5.89. The van der Waals surface area contributed by atoms with Gasteiger partial charge in [0.2, 0.25) is 5.88 Å². The summed E-state index contributed by atoms with van der Waals surface area (Å²) in [5.41, 5.74) is 4.21. The van der Waals surface area contributed by atoms with Gasteiger partial charge in [-0.2, -0.15) is 0 Å². The summed E-state index contributed by atoms with van der Waals surface area (Å²) in [6.07, 6.45) is 9.81. The Morgan fingerprint density at radius 3 is 2.65 bits per heavy atom. The van der Waals surface area contributed by atoms with Gasteiger partial charge < -0.3 is 15.0 Å². The highest BCUT2D eigenvalue weighted by Gasteiger charge is 2.06. The third kappa shape index (κ3) is 3.46. The SMILES string of the molecule is COc1ccc(CNc2ccc(Cc3c[nH]c4ncncc34)cn2)cn1. The first-order valence-corrected chi connectivity index (χ1v) is 8.25. The van der Waals surface area contributed by atoms with Crippen LogP contribution in [0.15, 0.2) is 55.4 Å². The number of ether oxygens (including phenoxy) is 1. The number of aromatic nitrogens is 5. The smallest absolute Gasteiger partial charge is 0.212 e. The molecule has 4 heterocycles. The number of H-pyrrole nitrogens is 1. The molecule has 4 aromatic rings. The van der Waals surface area contributed by atoms with E-state index in [1.165, 1.54) is 0 Å². The normalized spacial score (nSPS) is 10.8. The van der Waals surface area contributed by atoms with Gasteiger partial charge in [-0.1, -0.05) is 12.1 Å². The molecule has 2 N–H and O–H groups in total. The van der Waals surface area contributed by atoms with Gasteiger partial charge in [-0.3, -0.25) is 0 Å². The fourth-order valence-electron chi connectivity index (χ4n) is 2.74. The minimum absolute atomic E-state index is 0.610. The van der Waals surface area contributed by atoms with E-state index in [1.807, 2.05) is 36.8 Å². The molecule has 0 aliphatic carbocycles. The van der Waals surface area contributed by atoms with E-state index < -0.39 is 0 Å². The van der Waals surface area contributed by atoms with Crippen LogP contribution < -0.4 is 10.1 Å². The van der Waals surface area contributed by atoms with Crippen LogP contribution in [-0.2, 0) is 13.0 Å². The van der Waals surface area contributed by atoms with Crippen molar-refractivity contribution in [3.8, 4) is 5.88 Å². The minimum Gasteiger partial charge on any atom is -0.481 e. The summed E-state index contributed by atoms with van der Waals surface area (Å²) in [6.45, 7) is 0.656. The van der Waals surface area contributed by atoms with Crippen LogP contribution in [0, 0.1) is 0 Å². The van der Waals surface area contributed by atoms with Gasteiger partial charge in [-0.15, -0.1) is 0 Å². The van der Waals surface area contributed by atoms with Crippen molar-refractivity contribution in [1.29, 1.82) is 0 Å².